The first-order valence-electron chi connectivity index (χ1n) is 6.08. The van der Waals surface area contributed by atoms with Crippen molar-refractivity contribution in [3.63, 3.8) is 0 Å². The first-order chi connectivity index (χ1) is 9.24. The quantitative estimate of drug-likeness (QED) is 0.719. The van der Waals surface area contributed by atoms with E-state index in [1.165, 1.54) is 0 Å². The lowest BCUT2D eigenvalue weighted by atomic mass is 10.2. The Morgan fingerprint density at radius 2 is 2.05 bits per heavy atom. The number of rotatable bonds is 3. The predicted molar refractivity (Wildman–Crippen MR) is 72.9 cm³/mol. The maximum Gasteiger partial charge on any atom is 0.167 e. The second-order valence-electron chi connectivity index (χ2n) is 4.44. The summed E-state index contributed by atoms with van der Waals surface area (Å²) >= 11 is 0. The normalized spacial score (nSPS) is 10.8. The van der Waals surface area contributed by atoms with Crippen LogP contribution >= 0.6 is 0 Å². The molecule has 0 unspecified atom stereocenters. The number of aryl methyl sites for hydroxylation is 1. The summed E-state index contributed by atoms with van der Waals surface area (Å²) in [6.07, 6.45) is 1.76. The van der Waals surface area contributed by atoms with Gasteiger partial charge in [-0.1, -0.05) is 17.3 Å². The van der Waals surface area contributed by atoms with Gasteiger partial charge in [-0.3, -0.25) is 0 Å². The second-order valence-corrected chi connectivity index (χ2v) is 4.44. The topological polar surface area (TPSA) is 55.1 Å². The molecule has 0 aliphatic heterocycles. The van der Waals surface area contributed by atoms with Crippen molar-refractivity contribution in [1.82, 2.24) is 15.1 Å². The molecule has 19 heavy (non-hydrogen) atoms. The van der Waals surface area contributed by atoms with E-state index in [0.29, 0.717) is 6.54 Å². The molecule has 0 saturated heterocycles. The Balaban J connectivity index is 1.89. The fourth-order valence-corrected chi connectivity index (χ4v) is 2.01. The summed E-state index contributed by atoms with van der Waals surface area (Å²) in [5, 5.41) is 5.16. The molecule has 0 fully saturated rings. The van der Waals surface area contributed by atoms with Crippen molar-refractivity contribution in [3.05, 3.63) is 48.0 Å². The molecule has 2 aromatic heterocycles. The second kappa shape index (κ2) is 4.68. The molecule has 0 bridgehead atoms. The van der Waals surface area contributed by atoms with Crippen molar-refractivity contribution >= 4 is 16.8 Å². The summed E-state index contributed by atoms with van der Waals surface area (Å²) in [6, 6.07) is 9.74. The SMILES string of the molecule is Cc1nccc(N(C)Cc2noc3ccccc23)n1. The molecule has 0 amide bonds. The highest BCUT2D eigenvalue weighted by Gasteiger charge is 2.11. The van der Waals surface area contributed by atoms with Crippen molar-refractivity contribution in [2.24, 2.45) is 0 Å². The zero-order valence-electron chi connectivity index (χ0n) is 10.9. The highest BCUT2D eigenvalue weighted by atomic mass is 16.5. The lowest BCUT2D eigenvalue weighted by Crippen LogP contribution is -2.18. The van der Waals surface area contributed by atoms with Crippen molar-refractivity contribution in [2.45, 2.75) is 13.5 Å². The maximum atomic E-state index is 5.30. The van der Waals surface area contributed by atoms with Crippen molar-refractivity contribution in [3.8, 4) is 0 Å². The Bertz CT molecular complexity index is 707. The Morgan fingerprint density at radius 3 is 2.89 bits per heavy atom. The molecule has 0 N–H and O–H groups in total. The molecule has 0 spiro atoms. The Kier molecular flexibility index (Phi) is 2.87. The summed E-state index contributed by atoms with van der Waals surface area (Å²) < 4.78 is 5.30. The van der Waals surface area contributed by atoms with Crippen LogP contribution in [0.2, 0.25) is 0 Å². The molecule has 0 radical (unpaired) electrons. The van der Waals surface area contributed by atoms with Gasteiger partial charge in [-0.15, -0.1) is 0 Å². The first-order valence-corrected chi connectivity index (χ1v) is 6.08. The molecule has 3 aromatic rings. The van der Waals surface area contributed by atoms with Crippen LogP contribution in [0.15, 0.2) is 41.1 Å². The monoisotopic (exact) mass is 254 g/mol. The fraction of sp³-hybridized carbons (Fsp3) is 0.214. The van der Waals surface area contributed by atoms with E-state index in [2.05, 4.69) is 15.1 Å². The number of anilines is 1. The van der Waals surface area contributed by atoms with Crippen LogP contribution in [-0.4, -0.2) is 22.2 Å². The summed E-state index contributed by atoms with van der Waals surface area (Å²) in [6.45, 7) is 2.52. The maximum absolute atomic E-state index is 5.30. The van der Waals surface area contributed by atoms with E-state index >= 15 is 0 Å². The van der Waals surface area contributed by atoms with Crippen LogP contribution in [0.3, 0.4) is 0 Å². The number of nitrogens with zero attached hydrogens (tertiary/aromatic N) is 4. The van der Waals surface area contributed by atoms with Gasteiger partial charge < -0.3 is 9.42 Å². The lowest BCUT2D eigenvalue weighted by Gasteiger charge is -2.16. The summed E-state index contributed by atoms with van der Waals surface area (Å²) in [5.74, 6) is 1.63. The smallest absolute Gasteiger partial charge is 0.167 e. The number of hydrogen-bond acceptors (Lipinski definition) is 5. The summed E-state index contributed by atoms with van der Waals surface area (Å²) in [5.41, 5.74) is 1.72. The molecular weight excluding hydrogens is 240 g/mol. The minimum absolute atomic E-state index is 0.646. The number of aromatic nitrogens is 3. The standard InChI is InChI=1S/C14H14N4O/c1-10-15-8-7-14(16-10)18(2)9-12-11-5-3-4-6-13(11)19-17-12/h3-8H,9H2,1-2H3. The van der Waals surface area contributed by atoms with Crippen molar-refractivity contribution < 1.29 is 4.52 Å². The van der Waals surface area contributed by atoms with Gasteiger partial charge >= 0.3 is 0 Å². The predicted octanol–water partition coefficient (Wildman–Crippen LogP) is 2.56. The van der Waals surface area contributed by atoms with Gasteiger partial charge in [0.05, 0.1) is 6.54 Å². The van der Waals surface area contributed by atoms with Crippen LogP contribution in [0.25, 0.3) is 11.0 Å². The van der Waals surface area contributed by atoms with Gasteiger partial charge in [-0.05, 0) is 25.1 Å². The van der Waals surface area contributed by atoms with E-state index in [1.807, 2.05) is 49.2 Å². The highest BCUT2D eigenvalue weighted by molar-refractivity contribution is 5.79. The number of benzene rings is 1. The minimum Gasteiger partial charge on any atom is -0.356 e. The van der Waals surface area contributed by atoms with E-state index in [0.717, 1.165) is 28.3 Å². The van der Waals surface area contributed by atoms with Gasteiger partial charge in [-0.2, -0.15) is 0 Å². The molecule has 0 saturated carbocycles. The van der Waals surface area contributed by atoms with Gasteiger partial charge in [0.1, 0.15) is 17.3 Å². The molecule has 0 atom stereocenters. The molecule has 3 rings (SSSR count). The number of para-hydroxylation sites is 1. The van der Waals surface area contributed by atoms with Crippen LogP contribution in [-0.2, 0) is 6.54 Å². The third-order valence-electron chi connectivity index (χ3n) is 2.99. The summed E-state index contributed by atoms with van der Waals surface area (Å²) in [4.78, 5) is 10.5. The zero-order chi connectivity index (χ0) is 13.2. The van der Waals surface area contributed by atoms with E-state index < -0.39 is 0 Å². The fourth-order valence-electron chi connectivity index (χ4n) is 2.01. The van der Waals surface area contributed by atoms with Crippen molar-refractivity contribution in [2.75, 3.05) is 11.9 Å². The molecular formula is C14H14N4O. The van der Waals surface area contributed by atoms with Gasteiger partial charge in [-0.25, -0.2) is 9.97 Å². The van der Waals surface area contributed by atoms with Crippen LogP contribution in [0, 0.1) is 6.92 Å². The zero-order valence-corrected chi connectivity index (χ0v) is 10.9. The largest absolute Gasteiger partial charge is 0.356 e. The van der Waals surface area contributed by atoms with E-state index in [9.17, 15) is 0 Å². The number of fused-ring (bicyclic) bond motifs is 1. The van der Waals surface area contributed by atoms with Gasteiger partial charge in [0, 0.05) is 18.6 Å². The molecule has 2 heterocycles. The van der Waals surface area contributed by atoms with Crippen molar-refractivity contribution in [1.29, 1.82) is 0 Å². The van der Waals surface area contributed by atoms with E-state index in [-0.39, 0.29) is 0 Å². The van der Waals surface area contributed by atoms with Gasteiger partial charge in [0.2, 0.25) is 0 Å². The third kappa shape index (κ3) is 2.27. The van der Waals surface area contributed by atoms with Gasteiger partial charge in [0.25, 0.3) is 0 Å². The molecule has 0 aliphatic rings. The molecule has 5 nitrogen and oxygen atoms in total. The lowest BCUT2D eigenvalue weighted by molar-refractivity contribution is 0.445. The van der Waals surface area contributed by atoms with Crippen LogP contribution < -0.4 is 4.90 Å². The minimum atomic E-state index is 0.646. The Hall–Kier alpha value is -2.43. The average molecular weight is 254 g/mol. The summed E-state index contributed by atoms with van der Waals surface area (Å²) in [7, 11) is 1.98. The third-order valence-corrected chi connectivity index (χ3v) is 2.99. The van der Waals surface area contributed by atoms with Crippen LogP contribution in [0.5, 0.6) is 0 Å². The Labute approximate surface area is 110 Å². The average Bonchev–Trinajstić information content (AvgIpc) is 2.82. The highest BCUT2D eigenvalue weighted by Crippen LogP contribution is 2.20. The van der Waals surface area contributed by atoms with E-state index in [4.69, 9.17) is 4.52 Å². The first kappa shape index (κ1) is 11.6. The Morgan fingerprint density at radius 1 is 1.21 bits per heavy atom. The number of hydrogen-bond donors (Lipinski definition) is 0. The van der Waals surface area contributed by atoms with E-state index in [1.54, 1.807) is 6.20 Å². The molecule has 5 heteroatoms. The molecule has 96 valence electrons. The van der Waals surface area contributed by atoms with Gasteiger partial charge in [0.15, 0.2) is 5.58 Å². The van der Waals surface area contributed by atoms with Crippen LogP contribution in [0.4, 0.5) is 5.82 Å². The molecule has 0 aliphatic carbocycles. The molecule has 1 aromatic carbocycles. The van der Waals surface area contributed by atoms with Crippen LogP contribution in [0.1, 0.15) is 11.5 Å².